The molecule has 0 bridgehead atoms. The third-order valence-electron chi connectivity index (χ3n) is 9.36. The van der Waals surface area contributed by atoms with Crippen LogP contribution in [0.1, 0.15) is 93.0 Å². The van der Waals surface area contributed by atoms with Crippen molar-refractivity contribution in [3.8, 4) is 0 Å². The first-order valence-corrected chi connectivity index (χ1v) is 15.6. The molecule has 0 radical (unpaired) electrons. The van der Waals surface area contributed by atoms with Gasteiger partial charge in [0.2, 0.25) is 0 Å². The second-order valence-corrected chi connectivity index (χ2v) is 12.6. The number of rotatable bonds is 8. The van der Waals surface area contributed by atoms with Gasteiger partial charge in [0.1, 0.15) is 0 Å². The number of aromatic carboxylic acids is 1. The van der Waals surface area contributed by atoms with Gasteiger partial charge in [0, 0.05) is 23.8 Å². The molecule has 0 amide bonds. The van der Waals surface area contributed by atoms with Crippen LogP contribution < -0.4 is 0 Å². The predicted octanol–water partition coefficient (Wildman–Crippen LogP) is 8.25. The molecule has 2 heterocycles. The third-order valence-corrected chi connectivity index (χ3v) is 9.36. The summed E-state index contributed by atoms with van der Waals surface area (Å²) in [6, 6.07) is 32.9. The van der Waals surface area contributed by atoms with Gasteiger partial charge in [-0.2, -0.15) is 5.10 Å². The molecule has 2 fully saturated rings. The minimum Gasteiger partial charge on any atom is -0.478 e. The Morgan fingerprint density at radius 3 is 2.05 bits per heavy atom. The third kappa shape index (κ3) is 5.74. The molecular formula is C38H39N3O2. The van der Waals surface area contributed by atoms with Gasteiger partial charge in [0.25, 0.3) is 0 Å². The number of nitrogens with zero attached hydrogens (tertiary/aromatic N) is 3. The Balaban J connectivity index is 1.20. The van der Waals surface area contributed by atoms with E-state index >= 15 is 0 Å². The van der Waals surface area contributed by atoms with Gasteiger partial charge in [-0.3, -0.25) is 9.58 Å². The largest absolute Gasteiger partial charge is 0.478 e. The number of hydrogen-bond acceptors (Lipinski definition) is 3. The summed E-state index contributed by atoms with van der Waals surface area (Å²) in [6.45, 7) is 7.04. The fraction of sp³-hybridized carbons (Fsp3) is 0.316. The summed E-state index contributed by atoms with van der Waals surface area (Å²) in [7, 11) is 0. The minimum absolute atomic E-state index is 0.158. The number of piperidine rings is 1. The maximum Gasteiger partial charge on any atom is 0.335 e. The van der Waals surface area contributed by atoms with E-state index in [0.29, 0.717) is 17.5 Å². The zero-order valence-electron chi connectivity index (χ0n) is 25.0. The van der Waals surface area contributed by atoms with Crippen LogP contribution in [-0.4, -0.2) is 38.8 Å². The predicted molar refractivity (Wildman–Crippen MR) is 172 cm³/mol. The van der Waals surface area contributed by atoms with Crippen LogP contribution in [0.5, 0.6) is 0 Å². The maximum absolute atomic E-state index is 11.4. The molecule has 1 aromatic heterocycles. The van der Waals surface area contributed by atoms with Crippen molar-refractivity contribution in [1.29, 1.82) is 0 Å². The molecule has 1 N–H and O–H groups in total. The molecule has 2 aliphatic rings. The first kappa shape index (κ1) is 27.6. The lowest BCUT2D eigenvalue weighted by atomic mass is 9.83. The zero-order valence-corrected chi connectivity index (χ0v) is 25.0. The van der Waals surface area contributed by atoms with Gasteiger partial charge >= 0.3 is 5.97 Å². The Hall–Kier alpha value is -4.22. The standard InChI is InChI=1S/C38H39N3O2/c1-25-6-10-28(11-7-25)36(29-12-8-26(2)9-13-29)31-14-17-35-34(23-31)37(39-41(35)33-15-16-33)30-18-20-40(21-19-30)24-27-4-3-5-32(22-27)38(42)43/h3-14,17,22-23,30,33,36H,15-16,18-21,24H2,1-2H3,(H,42,43). The van der Waals surface area contributed by atoms with Crippen molar-refractivity contribution in [2.75, 3.05) is 13.1 Å². The lowest BCUT2D eigenvalue weighted by Gasteiger charge is -2.31. The highest BCUT2D eigenvalue weighted by atomic mass is 16.4. The highest BCUT2D eigenvalue weighted by Gasteiger charge is 2.31. The number of carboxylic acid groups (broad SMARTS) is 1. The molecular weight excluding hydrogens is 530 g/mol. The Kier molecular flexibility index (Phi) is 7.36. The maximum atomic E-state index is 11.4. The highest BCUT2D eigenvalue weighted by Crippen LogP contribution is 2.42. The lowest BCUT2D eigenvalue weighted by molar-refractivity contribution is 0.0696. The van der Waals surface area contributed by atoms with E-state index in [1.165, 1.54) is 57.3 Å². The fourth-order valence-electron chi connectivity index (χ4n) is 6.78. The molecule has 5 heteroatoms. The van der Waals surface area contributed by atoms with Crippen LogP contribution >= 0.6 is 0 Å². The zero-order chi connectivity index (χ0) is 29.5. The minimum atomic E-state index is -0.870. The highest BCUT2D eigenvalue weighted by molar-refractivity contribution is 5.87. The number of likely N-dealkylation sites (tertiary alicyclic amines) is 1. The SMILES string of the molecule is Cc1ccc(C(c2ccc(C)cc2)c2ccc3c(c2)c(C2CCN(Cc4cccc(C(=O)O)c4)CC2)nn3C2CC2)cc1. The molecule has 0 atom stereocenters. The molecule has 1 aliphatic heterocycles. The average Bonchev–Trinajstić information content (AvgIpc) is 3.80. The van der Waals surface area contributed by atoms with Gasteiger partial charge in [-0.05, 0) is 99.1 Å². The topological polar surface area (TPSA) is 58.4 Å². The number of carboxylic acids is 1. The van der Waals surface area contributed by atoms with Crippen molar-refractivity contribution < 1.29 is 9.90 Å². The van der Waals surface area contributed by atoms with E-state index in [1.807, 2.05) is 12.1 Å². The summed E-state index contributed by atoms with van der Waals surface area (Å²) in [5.41, 5.74) is 10.4. The number of fused-ring (bicyclic) bond motifs is 1. The molecule has 218 valence electrons. The van der Waals surface area contributed by atoms with Crippen molar-refractivity contribution in [3.63, 3.8) is 0 Å². The number of aromatic nitrogens is 2. The quantitative estimate of drug-likeness (QED) is 0.191. The number of carbonyl (C=O) groups is 1. The Morgan fingerprint density at radius 1 is 0.814 bits per heavy atom. The average molecular weight is 570 g/mol. The van der Waals surface area contributed by atoms with Gasteiger partial charge in [-0.1, -0.05) is 77.9 Å². The molecule has 0 unspecified atom stereocenters. The Labute approximate surface area is 253 Å². The van der Waals surface area contributed by atoms with E-state index in [-0.39, 0.29) is 5.92 Å². The van der Waals surface area contributed by atoms with Gasteiger partial charge in [-0.15, -0.1) is 0 Å². The summed E-state index contributed by atoms with van der Waals surface area (Å²) in [6.07, 6.45) is 4.53. The van der Waals surface area contributed by atoms with Crippen LogP contribution in [0.3, 0.4) is 0 Å². The molecule has 5 aromatic rings. The van der Waals surface area contributed by atoms with Crippen LogP contribution in [0.4, 0.5) is 0 Å². The van der Waals surface area contributed by atoms with Crippen LogP contribution in [0.2, 0.25) is 0 Å². The Bertz CT molecular complexity index is 1710. The smallest absolute Gasteiger partial charge is 0.335 e. The second-order valence-electron chi connectivity index (χ2n) is 12.6. The van der Waals surface area contributed by atoms with E-state index in [2.05, 4.69) is 90.2 Å². The summed E-state index contributed by atoms with van der Waals surface area (Å²) in [5, 5.41) is 16.0. The van der Waals surface area contributed by atoms with E-state index in [9.17, 15) is 9.90 Å². The number of benzene rings is 4. The van der Waals surface area contributed by atoms with E-state index in [4.69, 9.17) is 5.10 Å². The first-order valence-electron chi connectivity index (χ1n) is 15.6. The molecule has 5 nitrogen and oxygen atoms in total. The van der Waals surface area contributed by atoms with Crippen LogP contribution in [0, 0.1) is 13.8 Å². The van der Waals surface area contributed by atoms with Crippen LogP contribution in [-0.2, 0) is 6.54 Å². The molecule has 1 aliphatic carbocycles. The summed E-state index contributed by atoms with van der Waals surface area (Å²) in [4.78, 5) is 13.9. The normalized spacial score (nSPS) is 16.3. The monoisotopic (exact) mass is 569 g/mol. The van der Waals surface area contributed by atoms with Gasteiger partial charge in [0.05, 0.1) is 22.8 Å². The molecule has 0 spiro atoms. The molecule has 7 rings (SSSR count). The lowest BCUT2D eigenvalue weighted by Crippen LogP contribution is -2.32. The van der Waals surface area contributed by atoms with Gasteiger partial charge < -0.3 is 5.11 Å². The molecule has 43 heavy (non-hydrogen) atoms. The van der Waals surface area contributed by atoms with Gasteiger partial charge in [0.15, 0.2) is 0 Å². The molecule has 4 aromatic carbocycles. The van der Waals surface area contributed by atoms with E-state index in [0.717, 1.165) is 38.0 Å². The molecule has 1 saturated heterocycles. The van der Waals surface area contributed by atoms with Crippen molar-refractivity contribution >= 4 is 16.9 Å². The van der Waals surface area contributed by atoms with Crippen molar-refractivity contribution in [3.05, 3.63) is 136 Å². The van der Waals surface area contributed by atoms with Gasteiger partial charge in [-0.25, -0.2) is 4.79 Å². The summed E-state index contributed by atoms with van der Waals surface area (Å²) < 4.78 is 2.31. The number of hydrogen-bond donors (Lipinski definition) is 1. The second kappa shape index (κ2) is 11.5. The van der Waals surface area contributed by atoms with Crippen molar-refractivity contribution in [1.82, 2.24) is 14.7 Å². The van der Waals surface area contributed by atoms with E-state index < -0.39 is 5.97 Å². The first-order chi connectivity index (χ1) is 20.9. The van der Waals surface area contributed by atoms with E-state index in [1.54, 1.807) is 12.1 Å². The summed E-state index contributed by atoms with van der Waals surface area (Å²) >= 11 is 0. The van der Waals surface area contributed by atoms with Crippen molar-refractivity contribution in [2.45, 2.75) is 64.0 Å². The number of aryl methyl sites for hydroxylation is 2. The molecule has 1 saturated carbocycles. The fourth-order valence-corrected chi connectivity index (χ4v) is 6.78. The summed E-state index contributed by atoms with van der Waals surface area (Å²) in [5.74, 6) is -0.298. The van der Waals surface area contributed by atoms with Crippen LogP contribution in [0.25, 0.3) is 10.9 Å². The van der Waals surface area contributed by atoms with Crippen molar-refractivity contribution in [2.24, 2.45) is 0 Å². The Morgan fingerprint density at radius 2 is 1.44 bits per heavy atom. The van der Waals surface area contributed by atoms with Crippen LogP contribution in [0.15, 0.2) is 91.0 Å².